The lowest BCUT2D eigenvalue weighted by Gasteiger charge is -2.29. The molecule has 1 heterocycles. The number of benzene rings is 1. The lowest BCUT2D eigenvalue weighted by atomic mass is 9.81. The number of hydrogen-bond acceptors (Lipinski definition) is 5. The Morgan fingerprint density at radius 1 is 1.26 bits per heavy atom. The second-order valence-electron chi connectivity index (χ2n) is 7.44. The molecule has 1 aromatic carbocycles. The number of nitrogens with one attached hydrogen (secondary N) is 1. The van der Waals surface area contributed by atoms with Gasteiger partial charge < -0.3 is 4.74 Å². The number of methoxy groups -OCH3 is 1. The summed E-state index contributed by atoms with van der Waals surface area (Å²) in [5, 5.41) is 4.52. The standard InChI is InChI=1S/C20H26N4O2.ClH/c1-26-20(25)18-12-22-24(19(18)13-8-9-13)17-7-3-5-15(11-17)14-4-2-6-16(10-14)23-21;/h3,5,7,11-14,16,23H,2,4,6,8-10,21H2,1H3;1H/t14-,16+;/m0./s1. The van der Waals surface area contributed by atoms with Crippen LogP contribution in [0.2, 0.25) is 0 Å². The average Bonchev–Trinajstić information content (AvgIpc) is 3.45. The van der Waals surface area contributed by atoms with Gasteiger partial charge in [0.1, 0.15) is 5.56 Å². The minimum Gasteiger partial charge on any atom is -0.465 e. The van der Waals surface area contributed by atoms with Crippen LogP contribution in [0.5, 0.6) is 0 Å². The molecule has 2 atom stereocenters. The molecule has 0 bridgehead atoms. The molecule has 0 aliphatic heterocycles. The molecule has 7 heteroatoms. The Kier molecular flexibility index (Phi) is 6.19. The maximum absolute atomic E-state index is 12.1. The van der Waals surface area contributed by atoms with E-state index in [0.29, 0.717) is 23.4 Å². The Labute approximate surface area is 165 Å². The summed E-state index contributed by atoms with van der Waals surface area (Å²) >= 11 is 0. The predicted octanol–water partition coefficient (Wildman–Crippen LogP) is 3.45. The van der Waals surface area contributed by atoms with E-state index in [4.69, 9.17) is 10.6 Å². The highest BCUT2D eigenvalue weighted by Crippen LogP contribution is 2.43. The average molecular weight is 391 g/mol. The summed E-state index contributed by atoms with van der Waals surface area (Å²) in [6, 6.07) is 8.93. The van der Waals surface area contributed by atoms with Gasteiger partial charge in [0.2, 0.25) is 0 Å². The SMILES string of the molecule is COC(=O)c1cnn(-c2cccc([C@H]3CCC[C@@H](NN)C3)c2)c1C1CC1.Cl. The summed E-state index contributed by atoms with van der Waals surface area (Å²) in [5.41, 5.74) is 6.84. The van der Waals surface area contributed by atoms with Crippen molar-refractivity contribution in [1.82, 2.24) is 15.2 Å². The minimum atomic E-state index is -0.307. The minimum absolute atomic E-state index is 0. The van der Waals surface area contributed by atoms with E-state index in [1.165, 1.54) is 25.5 Å². The topological polar surface area (TPSA) is 82.2 Å². The van der Waals surface area contributed by atoms with Crippen molar-refractivity contribution < 1.29 is 9.53 Å². The molecule has 2 fully saturated rings. The molecular weight excluding hydrogens is 364 g/mol. The van der Waals surface area contributed by atoms with E-state index in [1.54, 1.807) is 6.20 Å². The van der Waals surface area contributed by atoms with Gasteiger partial charge in [-0.1, -0.05) is 18.6 Å². The first-order valence-corrected chi connectivity index (χ1v) is 9.44. The van der Waals surface area contributed by atoms with E-state index in [2.05, 4.69) is 34.8 Å². The van der Waals surface area contributed by atoms with E-state index in [9.17, 15) is 4.79 Å². The van der Waals surface area contributed by atoms with E-state index in [0.717, 1.165) is 37.1 Å². The number of halogens is 1. The van der Waals surface area contributed by atoms with Crippen molar-refractivity contribution >= 4 is 18.4 Å². The number of carbonyl (C=O) groups is 1. The molecule has 27 heavy (non-hydrogen) atoms. The number of hydrazine groups is 1. The fourth-order valence-corrected chi connectivity index (χ4v) is 4.13. The number of ether oxygens (including phenoxy) is 1. The van der Waals surface area contributed by atoms with Crippen LogP contribution in [0, 0.1) is 0 Å². The summed E-state index contributed by atoms with van der Waals surface area (Å²) in [6.07, 6.45) is 8.40. The summed E-state index contributed by atoms with van der Waals surface area (Å²) in [4.78, 5) is 12.1. The summed E-state index contributed by atoms with van der Waals surface area (Å²) in [6.45, 7) is 0. The van der Waals surface area contributed by atoms with Gasteiger partial charge in [0.05, 0.1) is 24.7 Å². The molecule has 0 saturated heterocycles. The van der Waals surface area contributed by atoms with Gasteiger partial charge in [-0.3, -0.25) is 11.3 Å². The van der Waals surface area contributed by atoms with Gasteiger partial charge in [-0.15, -0.1) is 12.4 Å². The molecule has 0 spiro atoms. The summed E-state index contributed by atoms with van der Waals surface area (Å²) in [7, 11) is 1.42. The fourth-order valence-electron chi connectivity index (χ4n) is 4.13. The maximum atomic E-state index is 12.1. The molecule has 0 amide bonds. The predicted molar refractivity (Wildman–Crippen MR) is 106 cm³/mol. The van der Waals surface area contributed by atoms with E-state index in [1.807, 2.05) is 4.68 Å². The number of hydrogen-bond donors (Lipinski definition) is 2. The highest BCUT2D eigenvalue weighted by molar-refractivity contribution is 5.90. The number of rotatable bonds is 5. The third kappa shape index (κ3) is 4.03. The molecular formula is C20H27ClN4O2. The first kappa shape index (κ1) is 19.9. The van der Waals surface area contributed by atoms with Crippen molar-refractivity contribution in [3.63, 3.8) is 0 Å². The molecule has 2 aliphatic carbocycles. The zero-order valence-electron chi connectivity index (χ0n) is 15.6. The zero-order chi connectivity index (χ0) is 18.1. The van der Waals surface area contributed by atoms with Crippen molar-refractivity contribution in [2.45, 2.75) is 56.4 Å². The molecule has 4 rings (SSSR count). The monoisotopic (exact) mass is 390 g/mol. The number of esters is 1. The summed E-state index contributed by atoms with van der Waals surface area (Å²) in [5.74, 6) is 6.26. The van der Waals surface area contributed by atoms with Crippen LogP contribution in [0.4, 0.5) is 0 Å². The lowest BCUT2D eigenvalue weighted by Crippen LogP contribution is -2.38. The highest BCUT2D eigenvalue weighted by Gasteiger charge is 2.33. The number of nitrogens with two attached hydrogens (primary N) is 1. The fraction of sp³-hybridized carbons (Fsp3) is 0.500. The van der Waals surface area contributed by atoms with Gasteiger partial charge in [0.25, 0.3) is 0 Å². The molecule has 0 radical (unpaired) electrons. The van der Waals surface area contributed by atoms with Crippen molar-refractivity contribution in [3.05, 3.63) is 47.3 Å². The quantitative estimate of drug-likeness (QED) is 0.464. The maximum Gasteiger partial charge on any atom is 0.341 e. The second-order valence-corrected chi connectivity index (χ2v) is 7.44. The summed E-state index contributed by atoms with van der Waals surface area (Å²) < 4.78 is 6.86. The first-order chi connectivity index (χ1) is 12.7. The molecule has 3 N–H and O–H groups in total. The Morgan fingerprint density at radius 2 is 2.07 bits per heavy atom. The number of aromatic nitrogens is 2. The van der Waals surface area contributed by atoms with Crippen LogP contribution in [0.3, 0.4) is 0 Å². The van der Waals surface area contributed by atoms with E-state index < -0.39 is 0 Å². The molecule has 146 valence electrons. The Hall–Kier alpha value is -1.89. The second kappa shape index (κ2) is 8.42. The molecule has 2 aliphatic rings. The molecule has 1 aromatic heterocycles. The largest absolute Gasteiger partial charge is 0.465 e. The first-order valence-electron chi connectivity index (χ1n) is 9.44. The van der Waals surface area contributed by atoms with Gasteiger partial charge in [-0.2, -0.15) is 5.10 Å². The van der Waals surface area contributed by atoms with Gasteiger partial charge in [0, 0.05) is 12.0 Å². The third-order valence-electron chi connectivity index (χ3n) is 5.67. The van der Waals surface area contributed by atoms with E-state index >= 15 is 0 Å². The zero-order valence-corrected chi connectivity index (χ0v) is 16.4. The van der Waals surface area contributed by atoms with Crippen LogP contribution in [-0.4, -0.2) is 28.9 Å². The normalized spacial score (nSPS) is 22.1. The van der Waals surface area contributed by atoms with Gasteiger partial charge in [-0.05, 0) is 55.7 Å². The Morgan fingerprint density at radius 3 is 2.78 bits per heavy atom. The van der Waals surface area contributed by atoms with Crippen molar-refractivity contribution in [2.24, 2.45) is 5.84 Å². The lowest BCUT2D eigenvalue weighted by molar-refractivity contribution is 0.0599. The van der Waals surface area contributed by atoms with Crippen molar-refractivity contribution in [2.75, 3.05) is 7.11 Å². The molecule has 2 saturated carbocycles. The van der Waals surface area contributed by atoms with Gasteiger partial charge in [-0.25, -0.2) is 9.48 Å². The van der Waals surface area contributed by atoms with Gasteiger partial charge >= 0.3 is 5.97 Å². The van der Waals surface area contributed by atoms with Crippen LogP contribution in [-0.2, 0) is 4.74 Å². The number of carbonyl (C=O) groups excluding carboxylic acids is 1. The van der Waals surface area contributed by atoms with Crippen LogP contribution < -0.4 is 11.3 Å². The molecule has 6 nitrogen and oxygen atoms in total. The van der Waals surface area contributed by atoms with Crippen molar-refractivity contribution in [3.8, 4) is 5.69 Å². The van der Waals surface area contributed by atoms with Gasteiger partial charge in [0.15, 0.2) is 0 Å². The van der Waals surface area contributed by atoms with Crippen LogP contribution in [0.1, 0.15) is 72.0 Å². The van der Waals surface area contributed by atoms with E-state index in [-0.39, 0.29) is 18.4 Å². The highest BCUT2D eigenvalue weighted by atomic mass is 35.5. The Bertz CT molecular complexity index is 803. The van der Waals surface area contributed by atoms with Crippen molar-refractivity contribution in [1.29, 1.82) is 0 Å². The van der Waals surface area contributed by atoms with Crippen LogP contribution in [0.25, 0.3) is 5.69 Å². The number of nitrogens with zero attached hydrogens (tertiary/aromatic N) is 2. The van der Waals surface area contributed by atoms with Crippen LogP contribution >= 0.6 is 12.4 Å². The third-order valence-corrected chi connectivity index (χ3v) is 5.67. The molecule has 2 aromatic rings. The Balaban J connectivity index is 0.00000210. The van der Waals surface area contributed by atoms with Crippen LogP contribution in [0.15, 0.2) is 30.5 Å². The smallest absolute Gasteiger partial charge is 0.341 e. The molecule has 0 unspecified atom stereocenters.